The second kappa shape index (κ2) is 9.05. The van der Waals surface area contributed by atoms with Crippen molar-refractivity contribution in [3.8, 4) is 11.6 Å². The summed E-state index contributed by atoms with van der Waals surface area (Å²) in [6.07, 6.45) is 1.41. The summed E-state index contributed by atoms with van der Waals surface area (Å²) in [5.74, 6) is -1.84. The van der Waals surface area contributed by atoms with Crippen LogP contribution in [0.5, 0.6) is 11.6 Å². The Kier molecular flexibility index (Phi) is 6.50. The van der Waals surface area contributed by atoms with Crippen molar-refractivity contribution < 1.29 is 29.0 Å². The third-order valence-corrected chi connectivity index (χ3v) is 4.70. The van der Waals surface area contributed by atoms with Crippen molar-refractivity contribution in [2.24, 2.45) is 0 Å². The van der Waals surface area contributed by atoms with Gasteiger partial charge in [-0.1, -0.05) is 12.1 Å². The van der Waals surface area contributed by atoms with Gasteiger partial charge in [-0.15, -0.1) is 0 Å². The molecule has 8 nitrogen and oxygen atoms in total. The van der Waals surface area contributed by atoms with Crippen LogP contribution in [-0.4, -0.2) is 70.6 Å². The van der Waals surface area contributed by atoms with E-state index in [0.717, 1.165) is 18.2 Å². The fraction of sp³-hybridized carbons (Fsp3) is 0.421. The smallest absolute Gasteiger partial charge is 0.283 e. The van der Waals surface area contributed by atoms with E-state index in [1.165, 1.54) is 30.0 Å². The van der Waals surface area contributed by atoms with Crippen molar-refractivity contribution in [2.45, 2.75) is 13.1 Å². The Morgan fingerprint density at radius 3 is 2.54 bits per heavy atom. The normalized spacial score (nSPS) is 14.9. The Balaban J connectivity index is 1.70. The lowest BCUT2D eigenvalue weighted by atomic mass is 10.2. The predicted molar refractivity (Wildman–Crippen MR) is 98.3 cm³/mol. The van der Waals surface area contributed by atoms with Gasteiger partial charge in [0.25, 0.3) is 5.91 Å². The van der Waals surface area contributed by atoms with Gasteiger partial charge in [0.05, 0.1) is 26.9 Å². The van der Waals surface area contributed by atoms with E-state index in [2.05, 4.69) is 4.90 Å². The summed E-state index contributed by atoms with van der Waals surface area (Å²) in [4.78, 5) is 20.1. The number of hydrogen-bond donors (Lipinski definition) is 2. The molecule has 2 aromatic rings. The standard InChI is InChI=1S/C19H24FN3O5/c1-27-23(12-14-2-4-15(20)5-3-14)18(25)16-13-22(19(26)17(16)24)7-6-21-8-10-28-11-9-21/h2-5,13,24,26H,6-12H2,1H3. The van der Waals surface area contributed by atoms with Crippen LogP contribution in [-0.2, 0) is 22.7 Å². The molecule has 9 heteroatoms. The number of benzene rings is 1. The van der Waals surface area contributed by atoms with E-state index in [0.29, 0.717) is 31.9 Å². The average Bonchev–Trinajstić information content (AvgIpc) is 3.00. The van der Waals surface area contributed by atoms with Crippen LogP contribution in [0, 0.1) is 5.82 Å². The fourth-order valence-corrected chi connectivity index (χ4v) is 3.04. The maximum Gasteiger partial charge on any atom is 0.283 e. The molecule has 28 heavy (non-hydrogen) atoms. The molecule has 152 valence electrons. The molecule has 2 heterocycles. The summed E-state index contributed by atoms with van der Waals surface area (Å²) in [7, 11) is 1.33. The highest BCUT2D eigenvalue weighted by atomic mass is 19.1. The molecule has 1 amide bonds. The van der Waals surface area contributed by atoms with E-state index in [1.807, 2.05) is 0 Å². The van der Waals surface area contributed by atoms with E-state index < -0.39 is 11.7 Å². The lowest BCUT2D eigenvalue weighted by molar-refractivity contribution is -0.102. The number of nitrogens with zero attached hydrogens (tertiary/aromatic N) is 3. The average molecular weight is 393 g/mol. The number of aromatic nitrogens is 1. The largest absolute Gasteiger partial charge is 0.503 e. The molecule has 3 rings (SSSR count). The number of aromatic hydroxyl groups is 2. The second-order valence-electron chi connectivity index (χ2n) is 6.51. The van der Waals surface area contributed by atoms with Crippen molar-refractivity contribution in [1.29, 1.82) is 0 Å². The van der Waals surface area contributed by atoms with Crippen LogP contribution in [0.3, 0.4) is 0 Å². The Hall–Kier alpha value is -2.62. The van der Waals surface area contributed by atoms with Crippen molar-refractivity contribution in [2.75, 3.05) is 40.0 Å². The van der Waals surface area contributed by atoms with Crippen LogP contribution >= 0.6 is 0 Å². The topological polar surface area (TPSA) is 87.4 Å². The summed E-state index contributed by atoms with van der Waals surface area (Å²) >= 11 is 0. The van der Waals surface area contributed by atoms with Gasteiger partial charge in [-0.2, -0.15) is 0 Å². The molecule has 0 bridgehead atoms. The molecule has 0 radical (unpaired) electrons. The molecule has 0 spiro atoms. The Labute approximate surface area is 162 Å². The monoisotopic (exact) mass is 393 g/mol. The van der Waals surface area contributed by atoms with Crippen LogP contribution in [0.4, 0.5) is 4.39 Å². The summed E-state index contributed by atoms with van der Waals surface area (Å²) in [6, 6.07) is 5.66. The van der Waals surface area contributed by atoms with Gasteiger partial charge in [-0.25, -0.2) is 9.45 Å². The van der Waals surface area contributed by atoms with Gasteiger partial charge in [0.15, 0.2) is 5.75 Å². The molecule has 0 aliphatic carbocycles. The number of rotatable bonds is 7. The fourth-order valence-electron chi connectivity index (χ4n) is 3.04. The molecule has 0 saturated carbocycles. The highest BCUT2D eigenvalue weighted by molar-refractivity contribution is 5.97. The van der Waals surface area contributed by atoms with E-state index in [4.69, 9.17) is 9.57 Å². The molecule has 1 aromatic carbocycles. The van der Waals surface area contributed by atoms with Gasteiger partial charge >= 0.3 is 0 Å². The van der Waals surface area contributed by atoms with Crippen molar-refractivity contribution in [1.82, 2.24) is 14.5 Å². The first-order valence-electron chi connectivity index (χ1n) is 9.01. The highest BCUT2D eigenvalue weighted by Crippen LogP contribution is 2.32. The maximum atomic E-state index is 13.1. The number of morpholine rings is 1. The van der Waals surface area contributed by atoms with Gasteiger partial charge in [0.1, 0.15) is 11.4 Å². The van der Waals surface area contributed by atoms with Crippen LogP contribution in [0.1, 0.15) is 15.9 Å². The van der Waals surface area contributed by atoms with E-state index in [1.54, 1.807) is 12.1 Å². The molecular weight excluding hydrogens is 369 g/mol. The molecule has 1 aliphatic rings. The van der Waals surface area contributed by atoms with Gasteiger partial charge in [-0.3, -0.25) is 14.5 Å². The minimum Gasteiger partial charge on any atom is -0.503 e. The van der Waals surface area contributed by atoms with Gasteiger partial charge in [0, 0.05) is 32.4 Å². The number of hydrogen-bond acceptors (Lipinski definition) is 6. The zero-order valence-corrected chi connectivity index (χ0v) is 15.7. The molecule has 1 fully saturated rings. The van der Waals surface area contributed by atoms with Crippen LogP contribution in [0.25, 0.3) is 0 Å². The third kappa shape index (κ3) is 4.61. The van der Waals surface area contributed by atoms with Crippen LogP contribution in [0.2, 0.25) is 0 Å². The summed E-state index contributed by atoms with van der Waals surface area (Å²) in [5.41, 5.74) is 0.593. The first-order valence-corrected chi connectivity index (χ1v) is 9.01. The Morgan fingerprint density at radius 1 is 1.21 bits per heavy atom. The predicted octanol–water partition coefficient (Wildman–Crippen LogP) is 1.57. The Morgan fingerprint density at radius 2 is 1.89 bits per heavy atom. The van der Waals surface area contributed by atoms with E-state index in [-0.39, 0.29) is 23.8 Å². The molecule has 1 saturated heterocycles. The summed E-state index contributed by atoms with van der Waals surface area (Å²) < 4.78 is 19.8. The number of carbonyl (C=O) groups excluding carboxylic acids is 1. The Bertz CT molecular complexity index is 803. The van der Waals surface area contributed by atoms with Crippen LogP contribution in [0.15, 0.2) is 30.5 Å². The first-order chi connectivity index (χ1) is 13.5. The zero-order chi connectivity index (χ0) is 20.1. The summed E-state index contributed by atoms with van der Waals surface area (Å²) in [6.45, 7) is 4.07. The molecule has 1 aromatic heterocycles. The molecule has 0 atom stereocenters. The number of ether oxygens (including phenoxy) is 1. The minimum absolute atomic E-state index is 0.0643. The number of carbonyl (C=O) groups is 1. The SMILES string of the molecule is CON(Cc1ccc(F)cc1)C(=O)c1cn(CCN2CCOCC2)c(O)c1O. The molecule has 1 aliphatic heterocycles. The van der Waals surface area contributed by atoms with Crippen molar-refractivity contribution in [3.63, 3.8) is 0 Å². The van der Waals surface area contributed by atoms with Crippen LogP contribution < -0.4 is 0 Å². The van der Waals surface area contributed by atoms with Gasteiger partial charge in [0.2, 0.25) is 5.88 Å². The quantitative estimate of drug-likeness (QED) is 0.695. The van der Waals surface area contributed by atoms with E-state index in [9.17, 15) is 19.4 Å². The number of hydroxylamine groups is 2. The highest BCUT2D eigenvalue weighted by Gasteiger charge is 2.25. The van der Waals surface area contributed by atoms with Gasteiger partial charge in [-0.05, 0) is 17.7 Å². The zero-order valence-electron chi connectivity index (χ0n) is 15.7. The molecular formula is C19H24FN3O5. The maximum absolute atomic E-state index is 13.1. The first kappa shape index (κ1) is 20.1. The second-order valence-corrected chi connectivity index (χ2v) is 6.51. The number of halogens is 1. The van der Waals surface area contributed by atoms with Gasteiger partial charge < -0.3 is 19.5 Å². The van der Waals surface area contributed by atoms with Crippen molar-refractivity contribution >= 4 is 5.91 Å². The molecule has 0 unspecified atom stereocenters. The third-order valence-electron chi connectivity index (χ3n) is 4.70. The van der Waals surface area contributed by atoms with Crippen molar-refractivity contribution in [3.05, 3.63) is 47.4 Å². The summed E-state index contributed by atoms with van der Waals surface area (Å²) in [5, 5.41) is 21.4. The number of amides is 1. The molecule has 2 N–H and O–H groups in total. The minimum atomic E-state index is -0.607. The lowest BCUT2D eigenvalue weighted by Gasteiger charge is -2.26. The lowest BCUT2D eigenvalue weighted by Crippen LogP contribution is -2.38. The van der Waals surface area contributed by atoms with E-state index >= 15 is 0 Å².